The molecule has 0 aliphatic heterocycles. The third kappa shape index (κ3) is 6.41. The maximum atomic E-state index is 12.1. The van der Waals surface area contributed by atoms with Crippen molar-refractivity contribution in [2.45, 2.75) is 40.2 Å². The summed E-state index contributed by atoms with van der Waals surface area (Å²) in [5, 5.41) is 13.6. The lowest BCUT2D eigenvalue weighted by Gasteiger charge is -2.15. The van der Waals surface area contributed by atoms with Crippen LogP contribution in [0.15, 0.2) is 42.5 Å². The second kappa shape index (κ2) is 9.82. The van der Waals surface area contributed by atoms with E-state index in [0.29, 0.717) is 11.5 Å². The molecular weight excluding hydrogens is 372 g/mol. The van der Waals surface area contributed by atoms with Crippen molar-refractivity contribution in [3.8, 4) is 0 Å². The molecule has 154 valence electrons. The minimum absolute atomic E-state index is 0.0764. The third-order valence-corrected chi connectivity index (χ3v) is 4.46. The van der Waals surface area contributed by atoms with Gasteiger partial charge in [-0.25, -0.2) is 4.79 Å². The zero-order valence-electron chi connectivity index (χ0n) is 17.1. The number of hydrogen-bond donors (Lipinski definition) is 1. The number of nitro benzene ring substituents is 1. The molecular formula is C22H26N2O5. The highest BCUT2D eigenvalue weighted by Gasteiger charge is 2.16. The van der Waals surface area contributed by atoms with Gasteiger partial charge in [0.1, 0.15) is 0 Å². The molecule has 0 spiro atoms. The standard InChI is InChI=1S/C22H26N2O5/c1-14(2)11-17-5-7-18(8-6-17)16(4)23-21(25)13-29-22(26)19-9-10-20(24(27)28)15(3)12-19/h5-10,12,14,16H,11,13H2,1-4H3,(H,23,25)/t16-/m0/s1. The van der Waals surface area contributed by atoms with Gasteiger partial charge in [0.15, 0.2) is 6.61 Å². The number of nitrogens with zero attached hydrogens (tertiary/aromatic N) is 1. The number of aryl methyl sites for hydroxylation is 1. The number of carbonyl (C=O) groups is 2. The molecule has 2 rings (SSSR count). The van der Waals surface area contributed by atoms with Crippen LogP contribution in [0.4, 0.5) is 5.69 Å². The smallest absolute Gasteiger partial charge is 0.338 e. The molecule has 0 aromatic heterocycles. The minimum atomic E-state index is -0.705. The van der Waals surface area contributed by atoms with Gasteiger partial charge in [-0.05, 0) is 49.4 Å². The highest BCUT2D eigenvalue weighted by atomic mass is 16.6. The van der Waals surface area contributed by atoms with Gasteiger partial charge >= 0.3 is 5.97 Å². The molecule has 1 amide bonds. The summed E-state index contributed by atoms with van der Waals surface area (Å²) in [4.78, 5) is 34.5. The van der Waals surface area contributed by atoms with Gasteiger partial charge in [0.25, 0.3) is 11.6 Å². The monoisotopic (exact) mass is 398 g/mol. The Labute approximate surface area is 170 Å². The maximum absolute atomic E-state index is 12.1. The summed E-state index contributed by atoms with van der Waals surface area (Å²) in [7, 11) is 0. The fourth-order valence-electron chi connectivity index (χ4n) is 2.98. The van der Waals surface area contributed by atoms with E-state index < -0.39 is 23.4 Å². The van der Waals surface area contributed by atoms with E-state index in [1.165, 1.54) is 30.7 Å². The average molecular weight is 398 g/mol. The van der Waals surface area contributed by atoms with Gasteiger partial charge in [0.2, 0.25) is 0 Å². The number of benzene rings is 2. The predicted molar refractivity (Wildman–Crippen MR) is 110 cm³/mol. The average Bonchev–Trinajstić information content (AvgIpc) is 2.65. The van der Waals surface area contributed by atoms with Crippen LogP contribution in [0.3, 0.4) is 0 Å². The Morgan fingerprint density at radius 2 is 1.76 bits per heavy atom. The molecule has 0 fully saturated rings. The fraction of sp³-hybridized carbons (Fsp3) is 0.364. The first kappa shape index (κ1) is 22.1. The van der Waals surface area contributed by atoms with Crippen LogP contribution in [0.25, 0.3) is 0 Å². The number of amides is 1. The second-order valence-electron chi connectivity index (χ2n) is 7.46. The summed E-state index contributed by atoms with van der Waals surface area (Å²) in [6.07, 6.45) is 0.999. The van der Waals surface area contributed by atoms with E-state index in [1.807, 2.05) is 19.1 Å². The van der Waals surface area contributed by atoms with E-state index in [1.54, 1.807) is 0 Å². The van der Waals surface area contributed by atoms with Gasteiger partial charge < -0.3 is 10.1 Å². The number of nitro groups is 1. The Hall–Kier alpha value is -3.22. The van der Waals surface area contributed by atoms with Gasteiger partial charge in [-0.3, -0.25) is 14.9 Å². The van der Waals surface area contributed by atoms with E-state index in [9.17, 15) is 19.7 Å². The molecule has 1 atom stereocenters. The molecule has 7 nitrogen and oxygen atoms in total. The van der Waals surface area contributed by atoms with Crippen molar-refractivity contribution >= 4 is 17.6 Å². The molecule has 29 heavy (non-hydrogen) atoms. The number of nitrogens with one attached hydrogen (secondary N) is 1. The van der Waals surface area contributed by atoms with Crippen LogP contribution in [0.1, 0.15) is 53.9 Å². The van der Waals surface area contributed by atoms with Gasteiger partial charge in [-0.2, -0.15) is 0 Å². The lowest BCUT2D eigenvalue weighted by atomic mass is 10.00. The Morgan fingerprint density at radius 1 is 1.10 bits per heavy atom. The molecule has 2 aromatic carbocycles. The van der Waals surface area contributed by atoms with E-state index in [-0.39, 0.29) is 17.3 Å². The van der Waals surface area contributed by atoms with E-state index in [4.69, 9.17) is 4.74 Å². The number of hydrogen-bond acceptors (Lipinski definition) is 5. The number of esters is 1. The van der Waals surface area contributed by atoms with Gasteiger partial charge in [0, 0.05) is 11.6 Å². The van der Waals surface area contributed by atoms with E-state index >= 15 is 0 Å². The maximum Gasteiger partial charge on any atom is 0.338 e. The third-order valence-electron chi connectivity index (χ3n) is 4.46. The summed E-state index contributed by atoms with van der Waals surface area (Å²) in [6.45, 7) is 7.29. The van der Waals surface area contributed by atoms with Gasteiger partial charge in [-0.15, -0.1) is 0 Å². The molecule has 0 unspecified atom stereocenters. The molecule has 7 heteroatoms. The lowest BCUT2D eigenvalue weighted by molar-refractivity contribution is -0.385. The first-order valence-corrected chi connectivity index (χ1v) is 9.47. The molecule has 0 heterocycles. The molecule has 1 N–H and O–H groups in total. The topological polar surface area (TPSA) is 98.5 Å². The van der Waals surface area contributed by atoms with Crippen LogP contribution in [0, 0.1) is 23.0 Å². The van der Waals surface area contributed by atoms with Crippen molar-refractivity contribution in [3.63, 3.8) is 0 Å². The van der Waals surface area contributed by atoms with Crippen molar-refractivity contribution in [2.75, 3.05) is 6.61 Å². The van der Waals surface area contributed by atoms with Crippen molar-refractivity contribution in [1.29, 1.82) is 0 Å². The highest BCUT2D eigenvalue weighted by molar-refractivity contribution is 5.91. The quantitative estimate of drug-likeness (QED) is 0.409. The van der Waals surface area contributed by atoms with Crippen molar-refractivity contribution in [2.24, 2.45) is 5.92 Å². The highest BCUT2D eigenvalue weighted by Crippen LogP contribution is 2.19. The number of carbonyl (C=O) groups excluding carboxylic acids is 2. The van der Waals surface area contributed by atoms with Crippen LogP contribution in [-0.2, 0) is 16.0 Å². The Bertz CT molecular complexity index is 891. The zero-order chi connectivity index (χ0) is 21.6. The molecule has 0 saturated heterocycles. The summed E-state index contributed by atoms with van der Waals surface area (Å²) in [5.74, 6) is -0.549. The molecule has 0 saturated carbocycles. The molecule has 0 aliphatic rings. The minimum Gasteiger partial charge on any atom is -0.452 e. The molecule has 0 aliphatic carbocycles. The summed E-state index contributed by atoms with van der Waals surface area (Å²) >= 11 is 0. The van der Waals surface area contributed by atoms with Crippen LogP contribution in [0.2, 0.25) is 0 Å². The number of ether oxygens (including phenoxy) is 1. The van der Waals surface area contributed by atoms with Crippen molar-refractivity contribution in [1.82, 2.24) is 5.32 Å². The first-order valence-electron chi connectivity index (χ1n) is 9.47. The Balaban J connectivity index is 1.88. The summed E-state index contributed by atoms with van der Waals surface area (Å²) in [6, 6.07) is 11.8. The lowest BCUT2D eigenvalue weighted by Crippen LogP contribution is -2.31. The molecule has 2 aromatic rings. The Morgan fingerprint density at radius 3 is 2.31 bits per heavy atom. The van der Waals surface area contributed by atoms with E-state index in [2.05, 4.69) is 31.3 Å². The molecule has 0 bridgehead atoms. The van der Waals surface area contributed by atoms with Crippen LogP contribution in [0.5, 0.6) is 0 Å². The number of rotatable bonds is 8. The largest absolute Gasteiger partial charge is 0.452 e. The van der Waals surface area contributed by atoms with Crippen LogP contribution < -0.4 is 5.32 Å². The summed E-state index contributed by atoms with van der Waals surface area (Å²) < 4.78 is 5.02. The van der Waals surface area contributed by atoms with Crippen LogP contribution in [-0.4, -0.2) is 23.4 Å². The second-order valence-corrected chi connectivity index (χ2v) is 7.46. The molecule has 0 radical (unpaired) electrons. The van der Waals surface area contributed by atoms with E-state index in [0.717, 1.165) is 12.0 Å². The summed E-state index contributed by atoms with van der Waals surface area (Å²) in [5.41, 5.74) is 2.64. The van der Waals surface area contributed by atoms with Gasteiger partial charge in [0.05, 0.1) is 16.5 Å². The van der Waals surface area contributed by atoms with Crippen molar-refractivity contribution in [3.05, 3.63) is 74.8 Å². The van der Waals surface area contributed by atoms with Crippen molar-refractivity contribution < 1.29 is 19.2 Å². The predicted octanol–water partition coefficient (Wildman–Crippen LogP) is 4.14. The SMILES string of the molecule is Cc1cc(C(=O)OCC(=O)N[C@@H](C)c2ccc(CC(C)C)cc2)ccc1[N+](=O)[O-]. The van der Waals surface area contributed by atoms with Gasteiger partial charge in [-0.1, -0.05) is 38.1 Å². The zero-order valence-corrected chi connectivity index (χ0v) is 17.1. The normalized spacial score (nSPS) is 11.8. The fourth-order valence-corrected chi connectivity index (χ4v) is 2.98. The Kier molecular flexibility index (Phi) is 7.47. The van der Waals surface area contributed by atoms with Crippen LogP contribution >= 0.6 is 0 Å². The first-order chi connectivity index (χ1) is 13.7.